The first-order valence-corrected chi connectivity index (χ1v) is 22.3. The second kappa shape index (κ2) is 13.7. The maximum Gasteiger partial charge on any atom is 0.160 e. The first kappa shape index (κ1) is 35.9. The molecular weight excluding hydrogens is 793 g/mol. The zero-order valence-electron chi connectivity index (χ0n) is 35.2. The maximum atomic E-state index is 7.23. The Kier molecular flexibility index (Phi) is 7.57. The van der Waals surface area contributed by atoms with Gasteiger partial charge in [0.15, 0.2) is 5.58 Å². The molecule has 1 aliphatic carbocycles. The van der Waals surface area contributed by atoms with E-state index in [0.717, 1.165) is 77.7 Å². The predicted octanol–water partition coefficient (Wildman–Crippen LogP) is 16.4. The molecule has 0 bridgehead atoms. The lowest BCUT2D eigenvalue weighted by molar-refractivity contribution is 0.668. The van der Waals surface area contributed by atoms with Crippen molar-refractivity contribution in [2.75, 3.05) is 4.90 Å². The fourth-order valence-corrected chi connectivity index (χ4v) is 11.2. The Bertz CT molecular complexity index is 3970. The number of benzene rings is 10. The average Bonchev–Trinajstić information content (AvgIpc) is 4.12. The van der Waals surface area contributed by atoms with Crippen LogP contribution in [0, 0.1) is 0 Å². The third-order valence-corrected chi connectivity index (χ3v) is 13.8. The van der Waals surface area contributed by atoms with Gasteiger partial charge in [0, 0.05) is 49.4 Å². The highest BCUT2D eigenvalue weighted by Crippen LogP contribution is 2.61. The molecule has 13 aromatic rings. The highest BCUT2D eigenvalue weighted by atomic mass is 16.3. The van der Waals surface area contributed by atoms with Crippen LogP contribution in [0.2, 0.25) is 0 Å². The molecule has 10 aromatic carbocycles. The Morgan fingerprint density at radius 2 is 0.954 bits per heavy atom. The number of hydrogen-bond acceptors (Lipinski definition) is 3. The average molecular weight is 831 g/mol. The van der Waals surface area contributed by atoms with Gasteiger partial charge in [-0.3, -0.25) is 0 Å². The van der Waals surface area contributed by atoms with E-state index in [4.69, 9.17) is 8.83 Å². The van der Waals surface area contributed by atoms with E-state index in [2.05, 4.69) is 228 Å². The number of rotatable bonds is 6. The van der Waals surface area contributed by atoms with Gasteiger partial charge in [0.2, 0.25) is 0 Å². The largest absolute Gasteiger partial charge is 0.456 e. The molecule has 65 heavy (non-hydrogen) atoms. The van der Waals surface area contributed by atoms with E-state index in [9.17, 15) is 0 Å². The smallest absolute Gasteiger partial charge is 0.160 e. The molecule has 4 heteroatoms. The number of para-hydroxylation sites is 4. The molecule has 0 amide bonds. The molecule has 0 N–H and O–H groups in total. The van der Waals surface area contributed by atoms with Crippen molar-refractivity contribution in [2.45, 2.75) is 5.41 Å². The SMILES string of the molecule is c1ccc(-n2c3ccccc3c3ccc(N(c4ccc5oc6ccccc6c5c4)c4cc5c(c6c4oc4ccccc46)-c4ccccc4C5(c4ccccc4)c4ccccc4)cc32)cc1. The first-order valence-electron chi connectivity index (χ1n) is 22.3. The normalized spacial score (nSPS) is 13.0. The molecule has 3 aromatic heterocycles. The lowest BCUT2D eigenvalue weighted by atomic mass is 9.67. The molecule has 304 valence electrons. The summed E-state index contributed by atoms with van der Waals surface area (Å²) in [5.74, 6) is 0. The Labute approximate surface area is 374 Å². The fraction of sp³-hybridized carbons (Fsp3) is 0.0164. The van der Waals surface area contributed by atoms with Crippen LogP contribution in [0.3, 0.4) is 0 Å². The second-order valence-corrected chi connectivity index (χ2v) is 17.2. The number of anilines is 3. The van der Waals surface area contributed by atoms with E-state index in [1.807, 2.05) is 12.1 Å². The Morgan fingerprint density at radius 3 is 1.72 bits per heavy atom. The highest BCUT2D eigenvalue weighted by Gasteiger charge is 2.48. The lowest BCUT2D eigenvalue weighted by Crippen LogP contribution is -2.28. The third-order valence-electron chi connectivity index (χ3n) is 13.8. The number of nitrogens with zero attached hydrogens (tertiary/aromatic N) is 2. The van der Waals surface area contributed by atoms with Crippen molar-refractivity contribution in [3.63, 3.8) is 0 Å². The summed E-state index contributed by atoms with van der Waals surface area (Å²) in [5, 5.41) is 6.72. The molecule has 1 aliphatic rings. The van der Waals surface area contributed by atoms with Crippen LogP contribution in [0.25, 0.3) is 82.5 Å². The fourth-order valence-electron chi connectivity index (χ4n) is 11.2. The molecule has 0 unspecified atom stereocenters. The highest BCUT2D eigenvalue weighted by molar-refractivity contribution is 6.20. The topological polar surface area (TPSA) is 34.5 Å². The molecule has 4 nitrogen and oxygen atoms in total. The van der Waals surface area contributed by atoms with Crippen molar-refractivity contribution in [1.29, 1.82) is 0 Å². The van der Waals surface area contributed by atoms with E-state index in [1.165, 1.54) is 44.2 Å². The zero-order valence-corrected chi connectivity index (χ0v) is 35.2. The Morgan fingerprint density at radius 1 is 0.385 bits per heavy atom. The number of fused-ring (bicyclic) bond motifs is 13. The van der Waals surface area contributed by atoms with Crippen LogP contribution >= 0.6 is 0 Å². The summed E-state index contributed by atoms with van der Waals surface area (Å²) in [4.78, 5) is 2.42. The van der Waals surface area contributed by atoms with E-state index < -0.39 is 5.41 Å². The van der Waals surface area contributed by atoms with Crippen LogP contribution in [0.4, 0.5) is 17.1 Å². The molecule has 0 atom stereocenters. The summed E-state index contributed by atoms with van der Waals surface area (Å²) in [6, 6.07) is 83.3. The van der Waals surface area contributed by atoms with Crippen LogP contribution in [0.15, 0.2) is 239 Å². The van der Waals surface area contributed by atoms with E-state index >= 15 is 0 Å². The van der Waals surface area contributed by atoms with Gasteiger partial charge in [-0.05, 0) is 100 Å². The summed E-state index contributed by atoms with van der Waals surface area (Å²) in [7, 11) is 0. The molecular formula is C61H38N2O2. The van der Waals surface area contributed by atoms with Crippen LogP contribution in [-0.4, -0.2) is 4.57 Å². The van der Waals surface area contributed by atoms with Gasteiger partial charge in [-0.1, -0.05) is 164 Å². The van der Waals surface area contributed by atoms with Gasteiger partial charge >= 0.3 is 0 Å². The van der Waals surface area contributed by atoms with Gasteiger partial charge in [0.1, 0.15) is 16.7 Å². The van der Waals surface area contributed by atoms with Gasteiger partial charge in [0.05, 0.1) is 22.1 Å². The van der Waals surface area contributed by atoms with Crippen LogP contribution in [0.5, 0.6) is 0 Å². The quantitative estimate of drug-likeness (QED) is 0.167. The van der Waals surface area contributed by atoms with Gasteiger partial charge in [0.25, 0.3) is 0 Å². The predicted molar refractivity (Wildman–Crippen MR) is 267 cm³/mol. The van der Waals surface area contributed by atoms with E-state index in [1.54, 1.807) is 0 Å². The minimum absolute atomic E-state index is 0.643. The first-order chi connectivity index (χ1) is 32.3. The monoisotopic (exact) mass is 830 g/mol. The molecule has 0 saturated carbocycles. The van der Waals surface area contributed by atoms with Gasteiger partial charge < -0.3 is 18.3 Å². The van der Waals surface area contributed by atoms with Crippen molar-refractivity contribution < 1.29 is 8.83 Å². The van der Waals surface area contributed by atoms with Gasteiger partial charge in [-0.2, -0.15) is 0 Å². The molecule has 3 heterocycles. The van der Waals surface area contributed by atoms with E-state index in [0.29, 0.717) is 0 Å². The third kappa shape index (κ3) is 5.02. The van der Waals surface area contributed by atoms with Crippen molar-refractivity contribution in [2.24, 2.45) is 0 Å². The molecule has 0 radical (unpaired) electrons. The summed E-state index contributed by atoms with van der Waals surface area (Å²) < 4.78 is 16.1. The lowest BCUT2D eigenvalue weighted by Gasteiger charge is -2.35. The minimum Gasteiger partial charge on any atom is -0.456 e. The van der Waals surface area contributed by atoms with Gasteiger partial charge in [-0.15, -0.1) is 0 Å². The Hall–Kier alpha value is -8.60. The standard InChI is InChI=1S/C61H38N2O2/c1-4-18-39(19-5-1)61(40-20-6-2-7-21-40)50-28-14-10-26-47(50)58-51(61)38-54(60-59(58)48-27-13-17-31-56(48)65-60)62(42-33-35-57-49(36-42)46-25-12-16-30-55(46)64-57)43-32-34-45-44-24-11-15-29-52(44)63(53(45)37-43)41-22-8-3-9-23-41/h1-38H. The molecule has 14 rings (SSSR count). The van der Waals surface area contributed by atoms with Crippen molar-refractivity contribution in [3.05, 3.63) is 253 Å². The van der Waals surface area contributed by atoms with Gasteiger partial charge in [-0.25, -0.2) is 0 Å². The second-order valence-electron chi connectivity index (χ2n) is 17.2. The van der Waals surface area contributed by atoms with Crippen molar-refractivity contribution >= 4 is 82.7 Å². The molecule has 0 spiro atoms. The summed E-state index contributed by atoms with van der Waals surface area (Å²) in [6.45, 7) is 0. The van der Waals surface area contributed by atoms with Crippen molar-refractivity contribution in [3.8, 4) is 16.8 Å². The van der Waals surface area contributed by atoms with Crippen LogP contribution in [-0.2, 0) is 5.41 Å². The minimum atomic E-state index is -0.643. The van der Waals surface area contributed by atoms with Crippen molar-refractivity contribution in [1.82, 2.24) is 4.57 Å². The maximum absolute atomic E-state index is 7.23. The number of hydrogen-bond donors (Lipinski definition) is 0. The molecule has 0 aliphatic heterocycles. The van der Waals surface area contributed by atoms with E-state index in [-0.39, 0.29) is 0 Å². The Balaban J connectivity index is 1.15. The summed E-state index contributed by atoms with van der Waals surface area (Å²) in [5.41, 5.74) is 16.4. The number of aromatic nitrogens is 1. The summed E-state index contributed by atoms with van der Waals surface area (Å²) in [6.07, 6.45) is 0. The summed E-state index contributed by atoms with van der Waals surface area (Å²) >= 11 is 0. The molecule has 0 fully saturated rings. The zero-order chi connectivity index (χ0) is 42.6. The van der Waals surface area contributed by atoms with Crippen LogP contribution < -0.4 is 4.90 Å². The molecule has 0 saturated heterocycles. The number of furan rings is 2. The van der Waals surface area contributed by atoms with Crippen LogP contribution in [0.1, 0.15) is 22.3 Å².